The lowest BCUT2D eigenvalue weighted by atomic mass is 10.3. The summed E-state index contributed by atoms with van der Waals surface area (Å²) in [6.07, 6.45) is 0.715. The summed E-state index contributed by atoms with van der Waals surface area (Å²) in [6, 6.07) is 6.45. The normalized spacial score (nSPS) is 10.7. The third-order valence-electron chi connectivity index (χ3n) is 2.47. The molecule has 12 nitrogen and oxygen atoms in total. The van der Waals surface area contributed by atoms with Crippen molar-refractivity contribution < 1.29 is 40.0 Å². The Labute approximate surface area is 162 Å². The summed E-state index contributed by atoms with van der Waals surface area (Å²) in [5, 5.41) is 24.9. The van der Waals surface area contributed by atoms with E-state index in [4.69, 9.17) is 4.55 Å². The first-order valence-corrected chi connectivity index (χ1v) is 10.2. The molecule has 0 radical (unpaired) electrons. The zero-order chi connectivity index (χ0) is 23.0. The number of hydrogen-bond donors (Lipinski definition) is 2. The smallest absolute Gasteiger partial charge is 0.270 e. The lowest BCUT2D eigenvalue weighted by Crippen LogP contribution is -2.14. The quantitative estimate of drug-likeness (QED) is 0.390. The highest BCUT2D eigenvalue weighted by atomic mass is 32.2. The predicted molar refractivity (Wildman–Crippen MR) is 95.0 cm³/mol. The number of non-ortho nitro benzene ring substituents is 2. The molecule has 0 aliphatic carbocycles. The van der Waals surface area contributed by atoms with Gasteiger partial charge in [0.25, 0.3) is 21.5 Å². The third-order valence-corrected chi connectivity index (χ3v) is 3.40. The van der Waals surface area contributed by atoms with Crippen LogP contribution in [0.4, 0.5) is 20.2 Å². The third kappa shape index (κ3) is 11.4. The van der Waals surface area contributed by atoms with E-state index in [1.165, 1.54) is 0 Å². The molecule has 0 fully saturated rings. The van der Waals surface area contributed by atoms with Gasteiger partial charge in [0, 0.05) is 24.3 Å². The molecule has 2 aromatic rings. The first-order valence-electron chi connectivity index (χ1n) is 6.81. The van der Waals surface area contributed by atoms with Crippen molar-refractivity contribution in [1.29, 1.82) is 0 Å². The highest BCUT2D eigenvalue weighted by Crippen LogP contribution is 2.19. The second-order valence-electron chi connectivity index (χ2n) is 4.88. The standard InChI is InChI=1S/C6H5FN2O4S.C6H4FNO2.CH4O3S/c7-5-2-1-4(9(10)11)3-6(5)14(8,12)13;7-5-1-3-6(4-2-5)8(9)10;1-5(2,3)4/h1-3H,(H2,8,12,13);1-4H;1H3,(H,2,3,4). The molecule has 160 valence electrons. The highest BCUT2D eigenvalue weighted by Gasteiger charge is 2.18. The molecule has 0 saturated carbocycles. The molecule has 0 aliphatic heterocycles. The second-order valence-corrected chi connectivity index (χ2v) is 7.88. The molecular weight excluding hydrogens is 444 g/mol. The van der Waals surface area contributed by atoms with Gasteiger partial charge >= 0.3 is 0 Å². The van der Waals surface area contributed by atoms with Gasteiger partial charge in [-0.3, -0.25) is 24.8 Å². The Morgan fingerprint density at radius 1 is 0.897 bits per heavy atom. The van der Waals surface area contributed by atoms with Crippen LogP contribution in [-0.2, 0) is 20.1 Å². The molecule has 0 aliphatic rings. The number of primary sulfonamides is 1. The predicted octanol–water partition coefficient (Wildman–Crippen LogP) is 1.62. The van der Waals surface area contributed by atoms with Gasteiger partial charge in [-0.05, 0) is 18.2 Å². The summed E-state index contributed by atoms with van der Waals surface area (Å²) in [5.41, 5.74) is -0.628. The van der Waals surface area contributed by atoms with Crippen molar-refractivity contribution in [3.8, 4) is 0 Å². The van der Waals surface area contributed by atoms with Gasteiger partial charge in [0.2, 0.25) is 10.0 Å². The van der Waals surface area contributed by atoms with Crippen LogP contribution in [0.1, 0.15) is 0 Å². The van der Waals surface area contributed by atoms with Gasteiger partial charge in [0.05, 0.1) is 16.1 Å². The van der Waals surface area contributed by atoms with E-state index in [1.54, 1.807) is 0 Å². The van der Waals surface area contributed by atoms with Crippen molar-refractivity contribution >= 4 is 31.5 Å². The van der Waals surface area contributed by atoms with Crippen molar-refractivity contribution in [3.63, 3.8) is 0 Å². The maximum atomic E-state index is 12.8. The molecule has 0 bridgehead atoms. The topological polar surface area (TPSA) is 201 Å². The van der Waals surface area contributed by atoms with Gasteiger partial charge in [-0.15, -0.1) is 0 Å². The van der Waals surface area contributed by atoms with E-state index in [1.807, 2.05) is 0 Å². The Kier molecular flexibility index (Phi) is 9.35. The van der Waals surface area contributed by atoms with Crippen molar-refractivity contribution in [2.45, 2.75) is 4.90 Å². The minimum Gasteiger partial charge on any atom is -0.286 e. The second kappa shape index (κ2) is 10.5. The van der Waals surface area contributed by atoms with E-state index in [0.29, 0.717) is 18.4 Å². The van der Waals surface area contributed by atoms with E-state index in [9.17, 15) is 45.8 Å². The van der Waals surface area contributed by atoms with Crippen LogP contribution in [0.3, 0.4) is 0 Å². The fourth-order valence-corrected chi connectivity index (χ4v) is 2.01. The maximum absolute atomic E-state index is 12.8. The number of nitrogens with two attached hydrogens (primary N) is 1. The van der Waals surface area contributed by atoms with Gasteiger partial charge in [-0.2, -0.15) is 8.42 Å². The van der Waals surface area contributed by atoms with Crippen LogP contribution < -0.4 is 5.14 Å². The summed E-state index contributed by atoms with van der Waals surface area (Å²) >= 11 is 0. The van der Waals surface area contributed by atoms with Gasteiger partial charge < -0.3 is 0 Å². The van der Waals surface area contributed by atoms with Crippen LogP contribution >= 0.6 is 0 Å². The lowest BCUT2D eigenvalue weighted by molar-refractivity contribution is -0.385. The minimum absolute atomic E-state index is 0.0959. The molecule has 0 aromatic heterocycles. The molecular formula is C13H13F2N3O9S2. The van der Waals surface area contributed by atoms with Crippen molar-refractivity contribution in [2.75, 3.05) is 6.26 Å². The first-order chi connectivity index (χ1) is 13.0. The molecule has 3 N–H and O–H groups in total. The summed E-state index contributed by atoms with van der Waals surface area (Å²) in [7, 11) is -7.94. The summed E-state index contributed by atoms with van der Waals surface area (Å²) in [6.45, 7) is 0. The average molecular weight is 457 g/mol. The van der Waals surface area contributed by atoms with Crippen LogP contribution in [0.15, 0.2) is 47.4 Å². The zero-order valence-corrected chi connectivity index (χ0v) is 15.9. The maximum Gasteiger partial charge on any atom is 0.270 e. The van der Waals surface area contributed by atoms with E-state index in [0.717, 1.165) is 30.3 Å². The van der Waals surface area contributed by atoms with Crippen LogP contribution in [0.5, 0.6) is 0 Å². The lowest BCUT2D eigenvalue weighted by Gasteiger charge is -1.99. The Morgan fingerprint density at radius 2 is 1.28 bits per heavy atom. The number of sulfonamides is 1. The van der Waals surface area contributed by atoms with E-state index < -0.39 is 52.2 Å². The van der Waals surface area contributed by atoms with Crippen LogP contribution in [-0.4, -0.2) is 37.5 Å². The van der Waals surface area contributed by atoms with E-state index >= 15 is 0 Å². The van der Waals surface area contributed by atoms with Crippen molar-refractivity contribution in [2.24, 2.45) is 5.14 Å². The monoisotopic (exact) mass is 457 g/mol. The number of rotatable bonds is 3. The first kappa shape index (κ1) is 25.9. The number of benzene rings is 2. The number of halogens is 2. The fourth-order valence-electron chi connectivity index (χ4n) is 1.39. The van der Waals surface area contributed by atoms with Crippen LogP contribution in [0, 0.1) is 31.9 Å². The molecule has 29 heavy (non-hydrogen) atoms. The molecule has 0 unspecified atom stereocenters. The largest absolute Gasteiger partial charge is 0.286 e. The van der Waals surface area contributed by atoms with Gasteiger partial charge in [0.1, 0.15) is 16.5 Å². The van der Waals surface area contributed by atoms with Crippen molar-refractivity contribution in [1.82, 2.24) is 0 Å². The van der Waals surface area contributed by atoms with E-state index in [-0.39, 0.29) is 5.69 Å². The average Bonchev–Trinajstić information content (AvgIpc) is 2.53. The molecule has 2 rings (SSSR count). The van der Waals surface area contributed by atoms with Crippen LogP contribution in [0.25, 0.3) is 0 Å². The summed E-state index contributed by atoms with van der Waals surface area (Å²) in [5.74, 6) is -1.58. The Morgan fingerprint density at radius 3 is 1.62 bits per heavy atom. The molecule has 0 atom stereocenters. The number of hydrogen-bond acceptors (Lipinski definition) is 8. The Bertz CT molecular complexity index is 1080. The number of nitro benzene ring substituents is 2. The fraction of sp³-hybridized carbons (Fsp3) is 0.0769. The SMILES string of the molecule is CS(=O)(=O)O.NS(=O)(=O)c1cc([N+](=O)[O-])ccc1F.O=[N+]([O-])c1ccc(F)cc1. The Balaban J connectivity index is 0.000000455. The molecule has 16 heteroatoms. The Hall–Kier alpha value is -3.08. The van der Waals surface area contributed by atoms with Gasteiger partial charge in [-0.25, -0.2) is 22.3 Å². The summed E-state index contributed by atoms with van der Waals surface area (Å²) < 4.78 is 72.3. The molecule has 2 aromatic carbocycles. The molecule has 0 heterocycles. The van der Waals surface area contributed by atoms with Gasteiger partial charge in [0.15, 0.2) is 0 Å². The summed E-state index contributed by atoms with van der Waals surface area (Å²) in [4.78, 5) is 17.9. The number of nitro groups is 2. The molecule has 0 amide bonds. The van der Waals surface area contributed by atoms with Crippen LogP contribution in [0.2, 0.25) is 0 Å². The van der Waals surface area contributed by atoms with Gasteiger partial charge in [-0.1, -0.05) is 0 Å². The number of nitrogens with zero attached hydrogens (tertiary/aromatic N) is 2. The molecule has 0 saturated heterocycles. The van der Waals surface area contributed by atoms with E-state index in [2.05, 4.69) is 5.14 Å². The minimum atomic E-state index is -4.27. The highest BCUT2D eigenvalue weighted by molar-refractivity contribution is 7.89. The zero-order valence-electron chi connectivity index (χ0n) is 14.3. The molecule has 0 spiro atoms. The van der Waals surface area contributed by atoms with Crippen molar-refractivity contribution in [3.05, 3.63) is 74.3 Å².